The van der Waals surface area contributed by atoms with Crippen molar-refractivity contribution >= 4 is 5.91 Å². The summed E-state index contributed by atoms with van der Waals surface area (Å²) in [5.74, 6) is -3.47. The average Bonchev–Trinajstić information content (AvgIpc) is 2.41. The lowest BCUT2D eigenvalue weighted by Crippen LogP contribution is -2.27. The van der Waals surface area contributed by atoms with Gasteiger partial charge in [-0.25, -0.2) is 13.2 Å². The Kier molecular flexibility index (Phi) is 4.08. The molecule has 0 aliphatic heterocycles. The van der Waals surface area contributed by atoms with E-state index >= 15 is 0 Å². The molecular weight excluding hydrogens is 267 g/mol. The third-order valence-electron chi connectivity index (χ3n) is 2.89. The van der Waals surface area contributed by atoms with Crippen molar-refractivity contribution in [3.63, 3.8) is 0 Å². The molecule has 104 valence electrons. The Bertz CT molecular complexity index is 643. The Balaban J connectivity index is 2.17. The lowest BCUT2D eigenvalue weighted by atomic mass is 10.1. The van der Waals surface area contributed by atoms with Gasteiger partial charge in [0, 0.05) is 0 Å². The van der Waals surface area contributed by atoms with Crippen LogP contribution >= 0.6 is 0 Å². The minimum Gasteiger partial charge on any atom is -0.345 e. The predicted molar refractivity (Wildman–Crippen MR) is 68.6 cm³/mol. The Labute approximate surface area is 114 Å². The van der Waals surface area contributed by atoms with E-state index in [2.05, 4.69) is 5.32 Å². The van der Waals surface area contributed by atoms with Crippen LogP contribution in [0, 0.1) is 17.5 Å². The van der Waals surface area contributed by atoms with E-state index in [0.29, 0.717) is 5.56 Å². The highest BCUT2D eigenvalue weighted by molar-refractivity contribution is 5.94. The van der Waals surface area contributed by atoms with Gasteiger partial charge in [0.25, 0.3) is 5.91 Å². The predicted octanol–water partition coefficient (Wildman–Crippen LogP) is 3.59. The van der Waals surface area contributed by atoms with Crippen molar-refractivity contribution in [2.24, 2.45) is 0 Å². The molecular formula is C15H12F3NO. The Hall–Kier alpha value is -2.30. The molecule has 2 aromatic rings. The number of carbonyl (C=O) groups is 1. The van der Waals surface area contributed by atoms with Crippen LogP contribution in [0.1, 0.15) is 28.9 Å². The summed E-state index contributed by atoms with van der Waals surface area (Å²) < 4.78 is 39.6. The van der Waals surface area contributed by atoms with Gasteiger partial charge in [-0.05, 0) is 36.8 Å². The third kappa shape index (κ3) is 2.99. The number of halogens is 3. The highest BCUT2D eigenvalue weighted by atomic mass is 19.2. The van der Waals surface area contributed by atoms with Crippen LogP contribution in [0.3, 0.4) is 0 Å². The molecule has 0 saturated heterocycles. The first kappa shape index (κ1) is 14.1. The quantitative estimate of drug-likeness (QED) is 0.914. The van der Waals surface area contributed by atoms with Gasteiger partial charge in [-0.2, -0.15) is 0 Å². The number of hydrogen-bond acceptors (Lipinski definition) is 1. The minimum absolute atomic E-state index is 0.381. The fraction of sp³-hybridized carbons (Fsp3) is 0.133. The van der Waals surface area contributed by atoms with Crippen LogP contribution < -0.4 is 5.32 Å². The first-order valence-corrected chi connectivity index (χ1v) is 5.99. The van der Waals surface area contributed by atoms with E-state index < -0.39 is 29.4 Å². The lowest BCUT2D eigenvalue weighted by Gasteiger charge is -2.14. The van der Waals surface area contributed by atoms with E-state index in [4.69, 9.17) is 0 Å². The summed E-state index contributed by atoms with van der Waals surface area (Å²) in [5.41, 5.74) is 0.156. The van der Waals surface area contributed by atoms with Crippen LogP contribution in [-0.4, -0.2) is 5.91 Å². The summed E-state index contributed by atoms with van der Waals surface area (Å²) in [6.45, 7) is 1.63. The molecule has 0 bridgehead atoms. The van der Waals surface area contributed by atoms with Gasteiger partial charge < -0.3 is 5.32 Å². The highest BCUT2D eigenvalue weighted by Gasteiger charge is 2.17. The average molecular weight is 279 g/mol. The SMILES string of the molecule is CC(NC(=O)c1cccc(F)c1F)c1cccc(F)c1. The molecule has 20 heavy (non-hydrogen) atoms. The Morgan fingerprint density at radius 2 is 1.80 bits per heavy atom. The molecule has 1 amide bonds. The standard InChI is InChI=1S/C15H12F3NO/c1-9(10-4-2-5-11(16)8-10)19-15(20)12-6-3-7-13(17)14(12)18/h2-9H,1H3,(H,19,20). The molecule has 0 radical (unpaired) electrons. The Morgan fingerprint density at radius 3 is 2.50 bits per heavy atom. The van der Waals surface area contributed by atoms with Gasteiger partial charge in [0.1, 0.15) is 5.82 Å². The van der Waals surface area contributed by atoms with Gasteiger partial charge in [-0.3, -0.25) is 4.79 Å². The second-order valence-corrected chi connectivity index (χ2v) is 4.35. The molecule has 0 saturated carbocycles. The van der Waals surface area contributed by atoms with Gasteiger partial charge in [-0.15, -0.1) is 0 Å². The maximum Gasteiger partial charge on any atom is 0.254 e. The number of amides is 1. The van der Waals surface area contributed by atoms with Crippen LogP contribution in [0.15, 0.2) is 42.5 Å². The maximum atomic E-state index is 13.5. The van der Waals surface area contributed by atoms with Crippen molar-refractivity contribution in [2.45, 2.75) is 13.0 Å². The van der Waals surface area contributed by atoms with Crippen LogP contribution in [0.4, 0.5) is 13.2 Å². The summed E-state index contributed by atoms with van der Waals surface area (Å²) in [6, 6.07) is 8.54. The van der Waals surface area contributed by atoms with Gasteiger partial charge in [-0.1, -0.05) is 18.2 Å². The van der Waals surface area contributed by atoms with Crippen molar-refractivity contribution in [3.05, 3.63) is 71.0 Å². The second-order valence-electron chi connectivity index (χ2n) is 4.35. The number of rotatable bonds is 3. The van der Waals surface area contributed by atoms with Crippen molar-refractivity contribution < 1.29 is 18.0 Å². The van der Waals surface area contributed by atoms with E-state index in [1.165, 1.54) is 30.3 Å². The molecule has 1 unspecified atom stereocenters. The molecule has 0 spiro atoms. The van der Waals surface area contributed by atoms with E-state index in [-0.39, 0.29) is 5.56 Å². The largest absolute Gasteiger partial charge is 0.345 e. The van der Waals surface area contributed by atoms with E-state index in [1.54, 1.807) is 13.0 Å². The molecule has 1 N–H and O–H groups in total. The number of nitrogens with one attached hydrogen (secondary N) is 1. The first-order chi connectivity index (χ1) is 9.49. The zero-order valence-corrected chi connectivity index (χ0v) is 10.7. The van der Waals surface area contributed by atoms with E-state index in [0.717, 1.165) is 6.07 Å². The number of benzene rings is 2. The van der Waals surface area contributed by atoms with E-state index in [9.17, 15) is 18.0 Å². The molecule has 0 heterocycles. The first-order valence-electron chi connectivity index (χ1n) is 5.99. The molecule has 0 aliphatic rings. The summed E-state index contributed by atoms with van der Waals surface area (Å²) in [4.78, 5) is 11.9. The second kappa shape index (κ2) is 5.77. The fourth-order valence-corrected chi connectivity index (χ4v) is 1.81. The van der Waals surface area contributed by atoms with Crippen molar-refractivity contribution in [1.82, 2.24) is 5.32 Å². The van der Waals surface area contributed by atoms with Gasteiger partial charge >= 0.3 is 0 Å². The summed E-state index contributed by atoms with van der Waals surface area (Å²) in [5, 5.41) is 2.50. The number of hydrogen-bond donors (Lipinski definition) is 1. The fourth-order valence-electron chi connectivity index (χ4n) is 1.81. The third-order valence-corrected chi connectivity index (χ3v) is 2.89. The van der Waals surface area contributed by atoms with Crippen LogP contribution in [0.25, 0.3) is 0 Å². The topological polar surface area (TPSA) is 29.1 Å². The van der Waals surface area contributed by atoms with Crippen molar-refractivity contribution in [2.75, 3.05) is 0 Å². The van der Waals surface area contributed by atoms with E-state index in [1.807, 2.05) is 0 Å². The minimum atomic E-state index is -1.20. The molecule has 5 heteroatoms. The Morgan fingerprint density at radius 1 is 1.10 bits per heavy atom. The molecule has 2 aromatic carbocycles. The van der Waals surface area contributed by atoms with Crippen molar-refractivity contribution in [3.8, 4) is 0 Å². The van der Waals surface area contributed by atoms with Gasteiger partial charge in [0.15, 0.2) is 11.6 Å². The van der Waals surface area contributed by atoms with Crippen molar-refractivity contribution in [1.29, 1.82) is 0 Å². The molecule has 1 atom stereocenters. The zero-order valence-electron chi connectivity index (χ0n) is 10.7. The van der Waals surface area contributed by atoms with Gasteiger partial charge in [0.05, 0.1) is 11.6 Å². The molecule has 0 aromatic heterocycles. The summed E-state index contributed by atoms with van der Waals surface area (Å²) in [6.07, 6.45) is 0. The van der Waals surface area contributed by atoms with Gasteiger partial charge in [0.2, 0.25) is 0 Å². The maximum absolute atomic E-state index is 13.5. The smallest absolute Gasteiger partial charge is 0.254 e. The van der Waals surface area contributed by atoms with Crippen LogP contribution in [0.5, 0.6) is 0 Å². The summed E-state index contributed by atoms with van der Waals surface area (Å²) >= 11 is 0. The molecule has 0 fully saturated rings. The lowest BCUT2D eigenvalue weighted by molar-refractivity contribution is 0.0934. The molecule has 2 rings (SSSR count). The summed E-state index contributed by atoms with van der Waals surface area (Å²) in [7, 11) is 0. The zero-order chi connectivity index (χ0) is 14.7. The molecule has 2 nitrogen and oxygen atoms in total. The van der Waals surface area contributed by atoms with Crippen LogP contribution in [-0.2, 0) is 0 Å². The monoisotopic (exact) mass is 279 g/mol. The highest BCUT2D eigenvalue weighted by Crippen LogP contribution is 2.16. The number of carbonyl (C=O) groups excluding carboxylic acids is 1. The van der Waals surface area contributed by atoms with Crippen LogP contribution in [0.2, 0.25) is 0 Å². The normalized spacial score (nSPS) is 12.0. The molecule has 0 aliphatic carbocycles.